The van der Waals surface area contributed by atoms with Crippen LogP contribution >= 0.6 is 0 Å². The topological polar surface area (TPSA) is 85.9 Å². The SMILES string of the molecule is O=[N+]([O-])c1ccccc1Nn1nc2ccccc2n1. The second-order valence-electron chi connectivity index (χ2n) is 3.86. The van der Waals surface area contributed by atoms with Gasteiger partial charge in [0.05, 0.1) is 4.92 Å². The number of nitrogens with zero attached hydrogens (tertiary/aromatic N) is 4. The van der Waals surface area contributed by atoms with Crippen LogP contribution in [0.4, 0.5) is 11.4 Å². The molecule has 1 aromatic heterocycles. The van der Waals surface area contributed by atoms with Gasteiger partial charge in [0.25, 0.3) is 5.69 Å². The van der Waals surface area contributed by atoms with Crippen LogP contribution in [0.5, 0.6) is 0 Å². The van der Waals surface area contributed by atoms with E-state index in [1.807, 2.05) is 24.3 Å². The Kier molecular flexibility index (Phi) is 2.57. The number of fused-ring (bicyclic) bond motifs is 1. The average Bonchev–Trinajstić information content (AvgIpc) is 2.81. The minimum absolute atomic E-state index is 0.0242. The first-order chi connectivity index (χ1) is 9.24. The summed E-state index contributed by atoms with van der Waals surface area (Å²) in [6.07, 6.45) is 0. The van der Waals surface area contributed by atoms with Crippen molar-refractivity contribution in [2.24, 2.45) is 0 Å². The molecule has 0 saturated carbocycles. The number of hydrogen-bond acceptors (Lipinski definition) is 5. The van der Waals surface area contributed by atoms with E-state index in [-0.39, 0.29) is 5.69 Å². The lowest BCUT2D eigenvalue weighted by molar-refractivity contribution is -0.384. The number of para-hydroxylation sites is 2. The van der Waals surface area contributed by atoms with Crippen molar-refractivity contribution >= 4 is 22.4 Å². The summed E-state index contributed by atoms with van der Waals surface area (Å²) in [6.45, 7) is 0. The lowest BCUT2D eigenvalue weighted by atomic mass is 10.3. The van der Waals surface area contributed by atoms with Gasteiger partial charge in [0.2, 0.25) is 0 Å². The molecule has 0 saturated heterocycles. The molecule has 0 spiro atoms. The Labute approximate surface area is 107 Å². The van der Waals surface area contributed by atoms with Crippen molar-refractivity contribution in [3.63, 3.8) is 0 Å². The molecule has 0 atom stereocenters. The molecule has 0 amide bonds. The van der Waals surface area contributed by atoms with Crippen LogP contribution in [0.3, 0.4) is 0 Å². The van der Waals surface area contributed by atoms with Crippen molar-refractivity contribution in [1.29, 1.82) is 0 Å². The minimum atomic E-state index is -0.453. The zero-order chi connectivity index (χ0) is 13.2. The maximum Gasteiger partial charge on any atom is 0.294 e. The highest BCUT2D eigenvalue weighted by molar-refractivity contribution is 5.73. The van der Waals surface area contributed by atoms with Gasteiger partial charge in [0.15, 0.2) is 0 Å². The van der Waals surface area contributed by atoms with E-state index in [1.54, 1.807) is 18.2 Å². The van der Waals surface area contributed by atoms with E-state index in [0.29, 0.717) is 16.7 Å². The third-order valence-electron chi connectivity index (χ3n) is 2.61. The number of nitro benzene ring substituents is 1. The van der Waals surface area contributed by atoms with Gasteiger partial charge in [-0.2, -0.15) is 0 Å². The van der Waals surface area contributed by atoms with E-state index in [0.717, 1.165) is 0 Å². The van der Waals surface area contributed by atoms with Crippen LogP contribution in [0.1, 0.15) is 0 Å². The van der Waals surface area contributed by atoms with E-state index in [2.05, 4.69) is 15.6 Å². The van der Waals surface area contributed by atoms with Gasteiger partial charge in [0.1, 0.15) is 16.7 Å². The standard InChI is InChI=1S/C12H9N5O2/c18-16(19)12-8-4-3-7-11(12)15-17-13-9-5-1-2-6-10(9)14-17/h1-8,15H. The first kappa shape index (κ1) is 11.1. The fraction of sp³-hybridized carbons (Fsp3) is 0. The van der Waals surface area contributed by atoms with E-state index >= 15 is 0 Å². The molecule has 19 heavy (non-hydrogen) atoms. The van der Waals surface area contributed by atoms with Gasteiger partial charge in [-0.3, -0.25) is 15.5 Å². The van der Waals surface area contributed by atoms with E-state index in [9.17, 15) is 10.1 Å². The smallest absolute Gasteiger partial charge is 0.258 e. The minimum Gasteiger partial charge on any atom is -0.258 e. The summed E-state index contributed by atoms with van der Waals surface area (Å²) in [7, 11) is 0. The normalized spacial score (nSPS) is 10.5. The molecule has 0 aliphatic rings. The van der Waals surface area contributed by atoms with Gasteiger partial charge in [-0.05, 0) is 18.2 Å². The zero-order valence-electron chi connectivity index (χ0n) is 9.72. The van der Waals surface area contributed by atoms with Crippen LogP contribution < -0.4 is 5.43 Å². The van der Waals surface area contributed by atoms with Crippen molar-refractivity contribution in [2.75, 3.05) is 5.43 Å². The first-order valence-corrected chi connectivity index (χ1v) is 5.56. The molecule has 1 heterocycles. The Balaban J connectivity index is 1.99. The molecule has 2 aromatic carbocycles. The predicted octanol–water partition coefficient (Wildman–Crippen LogP) is 2.21. The summed E-state index contributed by atoms with van der Waals surface area (Å²) in [6, 6.07) is 13.7. The molecule has 1 N–H and O–H groups in total. The molecule has 0 aliphatic carbocycles. The molecule has 0 aliphatic heterocycles. The maximum atomic E-state index is 10.9. The fourth-order valence-corrected chi connectivity index (χ4v) is 1.74. The number of anilines is 1. The maximum absolute atomic E-state index is 10.9. The van der Waals surface area contributed by atoms with Crippen molar-refractivity contribution in [1.82, 2.24) is 15.1 Å². The Bertz CT molecular complexity index is 719. The van der Waals surface area contributed by atoms with Gasteiger partial charge in [-0.1, -0.05) is 29.2 Å². The molecule has 94 valence electrons. The molecule has 0 radical (unpaired) electrons. The monoisotopic (exact) mass is 255 g/mol. The van der Waals surface area contributed by atoms with Crippen molar-refractivity contribution in [3.8, 4) is 0 Å². The van der Waals surface area contributed by atoms with Crippen molar-refractivity contribution < 1.29 is 4.92 Å². The third-order valence-corrected chi connectivity index (χ3v) is 2.61. The quantitative estimate of drug-likeness (QED) is 0.572. The highest BCUT2D eigenvalue weighted by atomic mass is 16.6. The number of benzene rings is 2. The summed E-state index contributed by atoms with van der Waals surface area (Å²) in [5.74, 6) is 0. The molecule has 0 bridgehead atoms. The number of hydrogen-bond donors (Lipinski definition) is 1. The van der Waals surface area contributed by atoms with E-state index in [1.165, 1.54) is 11.0 Å². The number of nitro groups is 1. The van der Waals surface area contributed by atoms with Crippen LogP contribution in [0, 0.1) is 10.1 Å². The summed E-state index contributed by atoms with van der Waals surface area (Å²) >= 11 is 0. The molecule has 3 aromatic rings. The molecular formula is C12H9N5O2. The van der Waals surface area contributed by atoms with Crippen LogP contribution in [0.2, 0.25) is 0 Å². The molecule has 7 nitrogen and oxygen atoms in total. The van der Waals surface area contributed by atoms with Gasteiger partial charge in [0, 0.05) is 6.07 Å². The Morgan fingerprint density at radius 1 is 1.00 bits per heavy atom. The Hall–Kier alpha value is -2.96. The molecule has 0 fully saturated rings. The first-order valence-electron chi connectivity index (χ1n) is 5.56. The summed E-state index contributed by atoms with van der Waals surface area (Å²) in [5, 5.41) is 19.3. The molecule has 3 rings (SSSR count). The zero-order valence-corrected chi connectivity index (χ0v) is 9.72. The van der Waals surface area contributed by atoms with Gasteiger partial charge in [-0.25, -0.2) is 0 Å². The lowest BCUT2D eigenvalue weighted by Gasteiger charge is -2.04. The summed E-state index contributed by atoms with van der Waals surface area (Å²) < 4.78 is 0. The predicted molar refractivity (Wildman–Crippen MR) is 69.6 cm³/mol. The molecule has 0 unspecified atom stereocenters. The van der Waals surface area contributed by atoms with Crippen molar-refractivity contribution in [3.05, 3.63) is 58.6 Å². The third kappa shape index (κ3) is 2.08. The highest BCUT2D eigenvalue weighted by Gasteiger charge is 2.13. The number of aromatic nitrogens is 3. The average molecular weight is 255 g/mol. The lowest BCUT2D eigenvalue weighted by Crippen LogP contribution is -2.13. The van der Waals surface area contributed by atoms with Gasteiger partial charge < -0.3 is 0 Å². The van der Waals surface area contributed by atoms with E-state index < -0.39 is 4.92 Å². The highest BCUT2D eigenvalue weighted by Crippen LogP contribution is 2.23. The number of rotatable bonds is 3. The van der Waals surface area contributed by atoms with E-state index in [4.69, 9.17) is 0 Å². The second-order valence-corrected chi connectivity index (χ2v) is 3.86. The molecule has 7 heteroatoms. The van der Waals surface area contributed by atoms with Crippen LogP contribution in [0.25, 0.3) is 11.0 Å². The molecular weight excluding hydrogens is 246 g/mol. The van der Waals surface area contributed by atoms with Gasteiger partial charge in [-0.15, -0.1) is 10.2 Å². The second kappa shape index (κ2) is 4.37. The fourth-order valence-electron chi connectivity index (χ4n) is 1.74. The summed E-state index contributed by atoms with van der Waals surface area (Å²) in [4.78, 5) is 11.7. The van der Waals surface area contributed by atoms with Crippen LogP contribution in [-0.4, -0.2) is 20.0 Å². The van der Waals surface area contributed by atoms with Crippen LogP contribution in [-0.2, 0) is 0 Å². The summed E-state index contributed by atoms with van der Waals surface area (Å²) in [5.41, 5.74) is 4.54. The Morgan fingerprint density at radius 2 is 1.58 bits per heavy atom. The largest absolute Gasteiger partial charge is 0.294 e. The van der Waals surface area contributed by atoms with Crippen LogP contribution in [0.15, 0.2) is 48.5 Å². The van der Waals surface area contributed by atoms with Crippen molar-refractivity contribution in [2.45, 2.75) is 0 Å². The van der Waals surface area contributed by atoms with Gasteiger partial charge >= 0.3 is 0 Å². The number of nitrogens with one attached hydrogen (secondary N) is 1. The Morgan fingerprint density at radius 3 is 2.21 bits per heavy atom.